The van der Waals surface area contributed by atoms with Gasteiger partial charge in [-0.15, -0.1) is 0 Å². The fraction of sp³-hybridized carbons (Fsp3) is 0.440. The molecule has 5 rings (SSSR count). The Balaban J connectivity index is 1.44. The number of primary amides is 1. The molecule has 0 spiro atoms. The van der Waals surface area contributed by atoms with Crippen LogP contribution in [0.25, 0.3) is 11.0 Å². The van der Waals surface area contributed by atoms with Crippen LogP contribution in [-0.4, -0.2) is 58.6 Å². The van der Waals surface area contributed by atoms with E-state index in [-0.39, 0.29) is 11.6 Å². The normalized spacial score (nSPS) is 17.7. The number of anilines is 3. The molecule has 0 atom stereocenters. The van der Waals surface area contributed by atoms with Gasteiger partial charge in [0.05, 0.1) is 5.39 Å². The number of carbonyl (C=O) groups excluding carboxylic acids is 1. The molecular weight excluding hydrogens is 430 g/mol. The minimum atomic E-state index is -0.723. The molecule has 3 heterocycles. The van der Waals surface area contributed by atoms with Gasteiger partial charge in [0.25, 0.3) is 5.91 Å². The molecule has 1 aliphatic carbocycles. The molecule has 2 aromatic heterocycles. The van der Waals surface area contributed by atoms with Crippen molar-refractivity contribution in [3.8, 4) is 0 Å². The number of aromatic nitrogens is 3. The molecule has 0 unspecified atom stereocenters. The molecule has 1 aromatic carbocycles. The van der Waals surface area contributed by atoms with E-state index in [1.165, 1.54) is 18.3 Å². The van der Waals surface area contributed by atoms with Crippen LogP contribution < -0.4 is 21.4 Å². The number of hydrogen-bond acceptors (Lipinski definition) is 7. The number of rotatable bonds is 5. The molecule has 34 heavy (non-hydrogen) atoms. The van der Waals surface area contributed by atoms with Crippen molar-refractivity contribution in [1.29, 1.82) is 0 Å². The van der Waals surface area contributed by atoms with Gasteiger partial charge in [0.15, 0.2) is 0 Å². The Kier molecular flexibility index (Phi) is 6.19. The molecule has 9 nitrogen and oxygen atoms in total. The Labute approximate surface area is 198 Å². The quantitative estimate of drug-likeness (QED) is 0.601. The van der Waals surface area contributed by atoms with Gasteiger partial charge in [0.1, 0.15) is 11.2 Å². The lowest BCUT2D eigenvalue weighted by molar-refractivity contribution is 0.0998. The van der Waals surface area contributed by atoms with Crippen LogP contribution in [0.5, 0.6) is 0 Å². The number of likely N-dealkylation sites (N-methyl/N-ethyl adjacent to an activating group) is 1. The highest BCUT2D eigenvalue weighted by Crippen LogP contribution is 2.30. The Morgan fingerprint density at radius 2 is 1.76 bits per heavy atom. The number of piperazine rings is 1. The lowest BCUT2D eigenvalue weighted by atomic mass is 9.95. The van der Waals surface area contributed by atoms with Crippen LogP contribution in [0.15, 0.2) is 41.5 Å². The monoisotopic (exact) mass is 461 g/mol. The van der Waals surface area contributed by atoms with Gasteiger partial charge in [0, 0.05) is 56.0 Å². The standard InChI is InChI=1S/C25H31N7O2/c1-30-11-13-31(14-12-30)18-9-7-17(8-10-18)28-25-27-15-20-22(33)21(23(26)34)16-32(24(20)29-25)19-5-3-2-4-6-19/h7-10,15-16,19H,2-6,11-14H2,1H3,(H2,26,34)(H,27,28,29). The first-order valence-electron chi connectivity index (χ1n) is 12.0. The lowest BCUT2D eigenvalue weighted by Gasteiger charge is -2.34. The number of amides is 1. The summed E-state index contributed by atoms with van der Waals surface area (Å²) in [6.07, 6.45) is 8.47. The van der Waals surface area contributed by atoms with E-state index < -0.39 is 11.3 Å². The average Bonchev–Trinajstić information content (AvgIpc) is 2.86. The Hall–Kier alpha value is -3.46. The maximum Gasteiger partial charge on any atom is 0.254 e. The molecule has 0 radical (unpaired) electrons. The zero-order chi connectivity index (χ0) is 23.7. The second-order valence-electron chi connectivity index (χ2n) is 9.33. The third-order valence-corrected chi connectivity index (χ3v) is 7.00. The number of benzene rings is 1. The average molecular weight is 462 g/mol. The molecule has 3 N–H and O–H groups in total. The SMILES string of the molecule is CN1CCN(c2ccc(Nc3ncc4c(=O)c(C(N)=O)cn(C5CCCCC5)c4n3)cc2)CC1. The second-order valence-corrected chi connectivity index (χ2v) is 9.33. The first kappa shape index (κ1) is 22.3. The predicted octanol–water partition coefficient (Wildman–Crippen LogP) is 2.89. The summed E-state index contributed by atoms with van der Waals surface area (Å²) in [4.78, 5) is 38.6. The van der Waals surface area contributed by atoms with E-state index in [2.05, 4.69) is 39.3 Å². The molecule has 1 saturated heterocycles. The Morgan fingerprint density at radius 3 is 2.44 bits per heavy atom. The molecule has 1 aliphatic heterocycles. The Morgan fingerprint density at radius 1 is 1.06 bits per heavy atom. The molecule has 178 valence electrons. The topological polar surface area (TPSA) is 109 Å². The van der Waals surface area contributed by atoms with Crippen molar-refractivity contribution in [2.45, 2.75) is 38.1 Å². The van der Waals surface area contributed by atoms with Gasteiger partial charge in [-0.1, -0.05) is 19.3 Å². The fourth-order valence-electron chi connectivity index (χ4n) is 4.96. The maximum absolute atomic E-state index is 12.9. The van der Waals surface area contributed by atoms with Crippen LogP contribution in [0.1, 0.15) is 48.5 Å². The number of carbonyl (C=O) groups is 1. The van der Waals surface area contributed by atoms with Gasteiger partial charge in [-0.05, 0) is 44.2 Å². The molecule has 1 amide bonds. The van der Waals surface area contributed by atoms with E-state index in [0.29, 0.717) is 17.0 Å². The molecule has 2 aliphatic rings. The molecule has 3 aromatic rings. The van der Waals surface area contributed by atoms with Crippen LogP contribution in [0, 0.1) is 0 Å². The first-order chi connectivity index (χ1) is 16.5. The predicted molar refractivity (Wildman–Crippen MR) is 134 cm³/mol. The van der Waals surface area contributed by atoms with Crippen LogP contribution in [0.2, 0.25) is 0 Å². The minimum absolute atomic E-state index is 0.0122. The summed E-state index contributed by atoms with van der Waals surface area (Å²) in [6.45, 7) is 4.16. The van der Waals surface area contributed by atoms with Crippen molar-refractivity contribution < 1.29 is 4.79 Å². The summed E-state index contributed by atoms with van der Waals surface area (Å²) >= 11 is 0. The Bertz CT molecular complexity index is 1240. The molecule has 2 fully saturated rings. The number of nitrogens with one attached hydrogen (secondary N) is 1. The van der Waals surface area contributed by atoms with Gasteiger partial charge in [-0.2, -0.15) is 4.98 Å². The highest BCUT2D eigenvalue weighted by Gasteiger charge is 2.22. The van der Waals surface area contributed by atoms with Crippen LogP contribution in [0.3, 0.4) is 0 Å². The molecule has 0 bridgehead atoms. The van der Waals surface area contributed by atoms with Crippen molar-refractivity contribution in [3.63, 3.8) is 0 Å². The highest BCUT2D eigenvalue weighted by atomic mass is 16.2. The van der Waals surface area contributed by atoms with Crippen molar-refractivity contribution in [2.24, 2.45) is 5.73 Å². The number of nitrogens with two attached hydrogens (primary N) is 1. The van der Waals surface area contributed by atoms with Crippen molar-refractivity contribution >= 4 is 34.3 Å². The second kappa shape index (κ2) is 9.42. The smallest absolute Gasteiger partial charge is 0.254 e. The summed E-state index contributed by atoms with van der Waals surface area (Å²) < 4.78 is 1.96. The van der Waals surface area contributed by atoms with E-state index in [1.54, 1.807) is 6.20 Å². The molecular formula is C25H31N7O2. The maximum atomic E-state index is 12.9. The van der Waals surface area contributed by atoms with Gasteiger partial charge < -0.3 is 25.4 Å². The third kappa shape index (κ3) is 4.48. The van der Waals surface area contributed by atoms with E-state index in [4.69, 9.17) is 10.7 Å². The van der Waals surface area contributed by atoms with Crippen LogP contribution >= 0.6 is 0 Å². The highest BCUT2D eigenvalue weighted by molar-refractivity contribution is 5.95. The van der Waals surface area contributed by atoms with Crippen LogP contribution in [0.4, 0.5) is 17.3 Å². The van der Waals surface area contributed by atoms with Gasteiger partial charge in [0.2, 0.25) is 11.4 Å². The largest absolute Gasteiger partial charge is 0.369 e. The van der Waals surface area contributed by atoms with E-state index in [1.807, 2.05) is 16.7 Å². The van der Waals surface area contributed by atoms with E-state index >= 15 is 0 Å². The molecule has 9 heteroatoms. The zero-order valence-electron chi connectivity index (χ0n) is 19.5. The zero-order valence-corrected chi connectivity index (χ0v) is 19.5. The lowest BCUT2D eigenvalue weighted by Crippen LogP contribution is -2.44. The molecule has 1 saturated carbocycles. The van der Waals surface area contributed by atoms with Gasteiger partial charge in [-0.25, -0.2) is 4.98 Å². The summed E-state index contributed by atoms with van der Waals surface area (Å²) in [5.74, 6) is -0.310. The van der Waals surface area contributed by atoms with E-state index in [9.17, 15) is 9.59 Å². The third-order valence-electron chi connectivity index (χ3n) is 7.00. The minimum Gasteiger partial charge on any atom is -0.369 e. The van der Waals surface area contributed by atoms with Gasteiger partial charge >= 0.3 is 0 Å². The number of nitrogens with zero attached hydrogens (tertiary/aromatic N) is 5. The van der Waals surface area contributed by atoms with Crippen molar-refractivity contribution in [3.05, 3.63) is 52.4 Å². The number of fused-ring (bicyclic) bond motifs is 1. The number of pyridine rings is 1. The fourth-order valence-corrected chi connectivity index (χ4v) is 4.96. The van der Waals surface area contributed by atoms with E-state index in [0.717, 1.165) is 57.5 Å². The van der Waals surface area contributed by atoms with Gasteiger partial charge in [-0.3, -0.25) is 9.59 Å². The first-order valence-corrected chi connectivity index (χ1v) is 12.0. The summed E-state index contributed by atoms with van der Waals surface area (Å²) in [6, 6.07) is 8.43. The van der Waals surface area contributed by atoms with Crippen molar-refractivity contribution in [2.75, 3.05) is 43.4 Å². The summed E-state index contributed by atoms with van der Waals surface area (Å²) in [5.41, 5.74) is 7.67. The van der Waals surface area contributed by atoms with Crippen LogP contribution in [-0.2, 0) is 0 Å². The summed E-state index contributed by atoms with van der Waals surface area (Å²) in [7, 11) is 2.15. The number of hydrogen-bond donors (Lipinski definition) is 2. The van der Waals surface area contributed by atoms with Crippen molar-refractivity contribution in [1.82, 2.24) is 19.4 Å². The summed E-state index contributed by atoms with van der Waals surface area (Å²) in [5, 5.41) is 3.58.